The molecule has 152 valence electrons. The predicted molar refractivity (Wildman–Crippen MR) is 115 cm³/mol. The number of halogens is 1. The number of nitrogens with zero attached hydrogens (tertiary/aromatic N) is 2. The second kappa shape index (κ2) is 8.80. The number of likely N-dealkylation sites (tertiary alicyclic amines) is 1. The Morgan fingerprint density at radius 2 is 1.69 bits per heavy atom. The van der Waals surface area contributed by atoms with Crippen LogP contribution in [0.15, 0.2) is 54.1 Å². The number of ketones is 1. The van der Waals surface area contributed by atoms with E-state index in [1.807, 2.05) is 38.1 Å². The number of rotatable bonds is 6. The first-order chi connectivity index (χ1) is 13.8. The van der Waals surface area contributed by atoms with Crippen molar-refractivity contribution in [3.8, 4) is 0 Å². The number of aryl methyl sites for hydroxylation is 1. The largest absolute Gasteiger partial charge is 0.507 e. The number of hydrogen-bond acceptors (Lipinski definition) is 4. The topological polar surface area (TPSA) is 60.9 Å². The van der Waals surface area contributed by atoms with E-state index in [9.17, 15) is 14.7 Å². The molecule has 1 saturated heterocycles. The smallest absolute Gasteiger partial charge is 0.295 e. The van der Waals surface area contributed by atoms with Gasteiger partial charge in [-0.1, -0.05) is 53.6 Å². The molecule has 2 aromatic rings. The molecule has 0 saturated carbocycles. The molecule has 1 aliphatic heterocycles. The maximum Gasteiger partial charge on any atom is 0.295 e. The minimum absolute atomic E-state index is 0.117. The molecular formula is C23H25ClN2O3. The molecule has 1 atom stereocenters. The lowest BCUT2D eigenvalue weighted by Crippen LogP contribution is -2.32. The zero-order valence-electron chi connectivity index (χ0n) is 16.9. The van der Waals surface area contributed by atoms with Crippen LogP contribution in [0.25, 0.3) is 5.76 Å². The highest BCUT2D eigenvalue weighted by molar-refractivity contribution is 6.46. The normalized spacial score (nSPS) is 18.7. The fourth-order valence-electron chi connectivity index (χ4n) is 3.53. The van der Waals surface area contributed by atoms with E-state index in [2.05, 4.69) is 0 Å². The molecule has 5 nitrogen and oxygen atoms in total. The second-order valence-electron chi connectivity index (χ2n) is 7.57. The van der Waals surface area contributed by atoms with Gasteiger partial charge in [-0.25, -0.2) is 0 Å². The van der Waals surface area contributed by atoms with Gasteiger partial charge < -0.3 is 14.9 Å². The first-order valence-corrected chi connectivity index (χ1v) is 9.93. The molecule has 0 aliphatic carbocycles. The summed E-state index contributed by atoms with van der Waals surface area (Å²) < 4.78 is 0. The zero-order valence-corrected chi connectivity index (χ0v) is 17.6. The third kappa shape index (κ3) is 4.52. The molecule has 0 radical (unpaired) electrons. The van der Waals surface area contributed by atoms with Crippen molar-refractivity contribution in [1.82, 2.24) is 9.80 Å². The lowest BCUT2D eigenvalue weighted by atomic mass is 9.95. The minimum atomic E-state index is -0.659. The lowest BCUT2D eigenvalue weighted by Gasteiger charge is -2.26. The maximum atomic E-state index is 12.9. The quantitative estimate of drug-likeness (QED) is 0.442. The molecule has 0 spiro atoms. The summed E-state index contributed by atoms with van der Waals surface area (Å²) in [4.78, 5) is 29.3. The van der Waals surface area contributed by atoms with Crippen LogP contribution in [0.1, 0.15) is 29.2 Å². The number of hydrogen-bond donors (Lipinski definition) is 1. The van der Waals surface area contributed by atoms with Crippen LogP contribution in [0.3, 0.4) is 0 Å². The summed E-state index contributed by atoms with van der Waals surface area (Å²) in [6, 6.07) is 13.6. The number of carbonyl (C=O) groups is 2. The summed E-state index contributed by atoms with van der Waals surface area (Å²) in [5.41, 5.74) is 2.42. The van der Waals surface area contributed by atoms with Crippen LogP contribution in [0.4, 0.5) is 0 Å². The van der Waals surface area contributed by atoms with Crippen molar-refractivity contribution < 1.29 is 14.7 Å². The average Bonchev–Trinajstić information content (AvgIpc) is 2.93. The number of aliphatic hydroxyl groups is 1. The maximum absolute atomic E-state index is 12.9. The van der Waals surface area contributed by atoms with Crippen molar-refractivity contribution in [1.29, 1.82) is 0 Å². The van der Waals surface area contributed by atoms with Crippen LogP contribution in [-0.4, -0.2) is 53.8 Å². The second-order valence-corrected chi connectivity index (χ2v) is 8.00. The fraction of sp³-hybridized carbons (Fsp3) is 0.304. The number of aliphatic hydroxyl groups excluding tert-OH is 1. The molecule has 3 rings (SSSR count). The standard InChI is InChI=1S/C23H25ClN2O3/c1-15-5-7-17(8-6-15)21(27)19-20(16-9-11-18(24)12-10-16)26(23(29)22(19)28)14-4-13-25(2)3/h5-12,20,27H,4,13-14H2,1-3H3/t20-/m0/s1. The van der Waals surface area contributed by atoms with Gasteiger partial charge in [0.25, 0.3) is 11.7 Å². The van der Waals surface area contributed by atoms with Gasteiger partial charge in [0.2, 0.25) is 0 Å². The number of carbonyl (C=O) groups excluding carboxylic acids is 2. The Hall–Kier alpha value is -2.63. The summed E-state index contributed by atoms with van der Waals surface area (Å²) in [6.07, 6.45) is 0.717. The van der Waals surface area contributed by atoms with Crippen molar-refractivity contribution in [2.45, 2.75) is 19.4 Å². The third-order valence-corrected chi connectivity index (χ3v) is 5.31. The molecule has 6 heteroatoms. The van der Waals surface area contributed by atoms with Gasteiger partial charge in [0.05, 0.1) is 11.6 Å². The Morgan fingerprint density at radius 1 is 1.07 bits per heavy atom. The highest BCUT2D eigenvalue weighted by Crippen LogP contribution is 2.39. The van der Waals surface area contributed by atoms with Gasteiger partial charge in [0.15, 0.2) is 0 Å². The third-order valence-electron chi connectivity index (χ3n) is 5.06. The van der Waals surface area contributed by atoms with E-state index < -0.39 is 17.7 Å². The van der Waals surface area contributed by atoms with Crippen molar-refractivity contribution in [2.75, 3.05) is 27.2 Å². The highest BCUT2D eigenvalue weighted by atomic mass is 35.5. The van der Waals surface area contributed by atoms with E-state index in [0.717, 1.165) is 17.7 Å². The average molecular weight is 413 g/mol. The van der Waals surface area contributed by atoms with Gasteiger partial charge in [-0.05, 0) is 51.7 Å². The first kappa shape index (κ1) is 21.1. The van der Waals surface area contributed by atoms with Crippen LogP contribution in [0, 0.1) is 6.92 Å². The molecule has 1 fully saturated rings. The molecule has 0 bridgehead atoms. The van der Waals surface area contributed by atoms with E-state index in [1.165, 1.54) is 0 Å². The van der Waals surface area contributed by atoms with Gasteiger partial charge >= 0.3 is 0 Å². The molecule has 2 aromatic carbocycles. The molecule has 0 unspecified atom stereocenters. The molecule has 1 aliphatic rings. The number of Topliss-reactive ketones (excluding diaryl/α,β-unsaturated/α-hetero) is 1. The summed E-state index contributed by atoms with van der Waals surface area (Å²) in [7, 11) is 3.92. The lowest BCUT2D eigenvalue weighted by molar-refractivity contribution is -0.139. The van der Waals surface area contributed by atoms with E-state index in [4.69, 9.17) is 11.6 Å². The van der Waals surface area contributed by atoms with Crippen LogP contribution in [0.2, 0.25) is 5.02 Å². The van der Waals surface area contributed by atoms with Crippen LogP contribution in [-0.2, 0) is 9.59 Å². The SMILES string of the molecule is Cc1ccc(C(O)=C2C(=O)C(=O)N(CCCN(C)C)[C@H]2c2ccc(Cl)cc2)cc1. The number of benzene rings is 2. The Bertz CT molecular complexity index is 934. The Morgan fingerprint density at radius 3 is 2.28 bits per heavy atom. The van der Waals surface area contributed by atoms with E-state index in [1.54, 1.807) is 41.3 Å². The monoisotopic (exact) mass is 412 g/mol. The van der Waals surface area contributed by atoms with E-state index >= 15 is 0 Å². The molecule has 1 N–H and O–H groups in total. The molecule has 1 heterocycles. The predicted octanol–water partition coefficient (Wildman–Crippen LogP) is 4.02. The molecule has 29 heavy (non-hydrogen) atoms. The molecule has 1 amide bonds. The van der Waals surface area contributed by atoms with Crippen molar-refractivity contribution >= 4 is 29.1 Å². The zero-order chi connectivity index (χ0) is 21.1. The summed E-state index contributed by atoms with van der Waals surface area (Å²) in [5, 5.41) is 11.5. The van der Waals surface area contributed by atoms with Gasteiger partial charge in [-0.2, -0.15) is 0 Å². The van der Waals surface area contributed by atoms with E-state index in [0.29, 0.717) is 23.6 Å². The van der Waals surface area contributed by atoms with Crippen molar-refractivity contribution in [3.63, 3.8) is 0 Å². The van der Waals surface area contributed by atoms with Crippen LogP contribution in [0.5, 0.6) is 0 Å². The van der Waals surface area contributed by atoms with Crippen molar-refractivity contribution in [2.24, 2.45) is 0 Å². The minimum Gasteiger partial charge on any atom is -0.507 e. The van der Waals surface area contributed by atoms with Gasteiger partial charge in [0, 0.05) is 17.1 Å². The summed E-state index contributed by atoms with van der Waals surface area (Å²) >= 11 is 6.03. The fourth-order valence-corrected chi connectivity index (χ4v) is 3.65. The van der Waals surface area contributed by atoms with Gasteiger partial charge in [-0.3, -0.25) is 9.59 Å². The number of amides is 1. The van der Waals surface area contributed by atoms with Crippen molar-refractivity contribution in [3.05, 3.63) is 75.8 Å². The van der Waals surface area contributed by atoms with Crippen LogP contribution >= 0.6 is 11.6 Å². The Labute approximate surface area is 176 Å². The first-order valence-electron chi connectivity index (χ1n) is 9.55. The highest BCUT2D eigenvalue weighted by Gasteiger charge is 2.45. The summed E-state index contributed by atoms with van der Waals surface area (Å²) in [5.74, 6) is -1.40. The van der Waals surface area contributed by atoms with Gasteiger partial charge in [-0.15, -0.1) is 0 Å². The van der Waals surface area contributed by atoms with E-state index in [-0.39, 0.29) is 11.3 Å². The molecular weight excluding hydrogens is 388 g/mol. The molecule has 0 aromatic heterocycles. The summed E-state index contributed by atoms with van der Waals surface area (Å²) in [6.45, 7) is 3.15. The van der Waals surface area contributed by atoms with Gasteiger partial charge in [0.1, 0.15) is 5.76 Å². The van der Waals surface area contributed by atoms with Crippen LogP contribution < -0.4 is 0 Å². The Kier molecular flexibility index (Phi) is 6.40. The Balaban J connectivity index is 2.07.